The van der Waals surface area contributed by atoms with Gasteiger partial charge in [-0.25, -0.2) is 4.98 Å². The van der Waals surface area contributed by atoms with Crippen LogP contribution in [0.3, 0.4) is 0 Å². The van der Waals surface area contributed by atoms with Crippen molar-refractivity contribution in [2.45, 2.75) is 0 Å². The van der Waals surface area contributed by atoms with E-state index < -0.39 is 0 Å². The summed E-state index contributed by atoms with van der Waals surface area (Å²) in [5, 5.41) is 12.1. The lowest BCUT2D eigenvalue weighted by Gasteiger charge is -2.06. The van der Waals surface area contributed by atoms with Crippen molar-refractivity contribution in [3.8, 4) is 6.07 Å². The molecule has 0 atom stereocenters. The molecule has 0 fully saturated rings. The predicted molar refractivity (Wildman–Crippen MR) is 75.8 cm³/mol. The fraction of sp³-hybridized carbons (Fsp3) is 0.0769. The second-order valence-electron chi connectivity index (χ2n) is 4.18. The summed E-state index contributed by atoms with van der Waals surface area (Å²) in [6.07, 6.45) is 1.65. The van der Waals surface area contributed by atoms with E-state index in [1.165, 1.54) is 0 Å². The van der Waals surface area contributed by atoms with Crippen molar-refractivity contribution in [1.29, 1.82) is 5.26 Å². The van der Waals surface area contributed by atoms with E-state index in [1.54, 1.807) is 35.2 Å². The topological polar surface area (TPSA) is 79.4 Å². The van der Waals surface area contributed by atoms with Gasteiger partial charge in [-0.1, -0.05) is 0 Å². The molecule has 3 rings (SSSR count). The van der Waals surface area contributed by atoms with E-state index in [2.05, 4.69) is 26.3 Å². The lowest BCUT2D eigenvalue weighted by Crippen LogP contribution is -1.98. The molecule has 0 aliphatic carbocycles. The van der Waals surface area contributed by atoms with E-state index in [0.29, 0.717) is 22.5 Å². The highest BCUT2D eigenvalue weighted by molar-refractivity contribution is 6.28. The number of nitrogens with zero attached hydrogens (tertiary/aromatic N) is 5. The molecule has 1 N–H and O–H groups in total. The number of benzene rings is 1. The minimum absolute atomic E-state index is 0.150. The summed E-state index contributed by atoms with van der Waals surface area (Å²) >= 11 is 5.92. The zero-order valence-corrected chi connectivity index (χ0v) is 11.3. The highest BCUT2D eigenvalue weighted by Gasteiger charge is 2.11. The van der Waals surface area contributed by atoms with E-state index in [4.69, 9.17) is 16.9 Å². The van der Waals surface area contributed by atoms with E-state index in [0.717, 1.165) is 5.69 Å². The molecule has 0 radical (unpaired) electrons. The Balaban J connectivity index is 2.03. The average Bonchev–Trinajstić information content (AvgIpc) is 2.81. The molecular weight excluding hydrogens is 276 g/mol. The molecule has 0 amide bonds. The van der Waals surface area contributed by atoms with Crippen LogP contribution < -0.4 is 5.32 Å². The van der Waals surface area contributed by atoms with Crippen LogP contribution in [0.15, 0.2) is 30.6 Å². The lowest BCUT2D eigenvalue weighted by atomic mass is 10.2. The minimum Gasteiger partial charge on any atom is -0.338 e. The second kappa shape index (κ2) is 4.79. The van der Waals surface area contributed by atoms with Gasteiger partial charge in [-0.3, -0.25) is 0 Å². The van der Waals surface area contributed by atoms with Gasteiger partial charge in [-0.05, 0) is 35.9 Å². The van der Waals surface area contributed by atoms with E-state index in [1.807, 2.05) is 7.05 Å². The largest absolute Gasteiger partial charge is 0.338 e. The maximum absolute atomic E-state index is 8.78. The number of aryl methyl sites for hydroxylation is 1. The summed E-state index contributed by atoms with van der Waals surface area (Å²) in [6.45, 7) is 0. The van der Waals surface area contributed by atoms with Gasteiger partial charge in [0.2, 0.25) is 5.28 Å². The molecule has 0 saturated carbocycles. The summed E-state index contributed by atoms with van der Waals surface area (Å²) in [5.41, 5.74) is 2.69. The molecule has 2 aromatic heterocycles. The number of nitrogens with one attached hydrogen (secondary N) is 1. The van der Waals surface area contributed by atoms with Crippen molar-refractivity contribution in [2.75, 3.05) is 5.32 Å². The monoisotopic (exact) mass is 284 g/mol. The highest BCUT2D eigenvalue weighted by atomic mass is 35.5. The fourth-order valence-electron chi connectivity index (χ4n) is 1.83. The first-order chi connectivity index (χ1) is 9.67. The molecule has 3 aromatic rings. The molecule has 0 aliphatic rings. The Morgan fingerprint density at radius 1 is 1.25 bits per heavy atom. The van der Waals surface area contributed by atoms with Crippen LogP contribution in [0.5, 0.6) is 0 Å². The first-order valence-electron chi connectivity index (χ1n) is 5.79. The summed E-state index contributed by atoms with van der Waals surface area (Å²) < 4.78 is 1.77. The molecule has 7 heteroatoms. The molecule has 6 nitrogen and oxygen atoms in total. The van der Waals surface area contributed by atoms with Crippen LogP contribution in [-0.4, -0.2) is 19.5 Å². The number of hydrogen-bond donors (Lipinski definition) is 1. The number of rotatable bonds is 2. The second-order valence-corrected chi connectivity index (χ2v) is 4.52. The SMILES string of the molecule is Cn1cnc2c(Nc3ccc(C#N)cc3)nc(Cl)nc21. The van der Waals surface area contributed by atoms with Gasteiger partial charge < -0.3 is 9.88 Å². The van der Waals surface area contributed by atoms with Crippen molar-refractivity contribution in [3.05, 3.63) is 41.4 Å². The third-order valence-electron chi connectivity index (χ3n) is 2.81. The first kappa shape index (κ1) is 12.4. The molecule has 0 unspecified atom stereocenters. The number of nitriles is 1. The van der Waals surface area contributed by atoms with Gasteiger partial charge in [0.05, 0.1) is 18.0 Å². The lowest BCUT2D eigenvalue weighted by molar-refractivity contribution is 0.928. The summed E-state index contributed by atoms with van der Waals surface area (Å²) in [4.78, 5) is 12.5. The molecule has 0 spiro atoms. The molecule has 98 valence electrons. The number of halogens is 1. The van der Waals surface area contributed by atoms with Crippen LogP contribution in [0, 0.1) is 11.3 Å². The standard InChI is InChI=1S/C13H9ClN6/c1-20-7-16-10-11(18-13(14)19-12(10)20)17-9-4-2-8(6-15)3-5-9/h2-5,7H,1H3,(H,17,18,19). The van der Waals surface area contributed by atoms with Crippen molar-refractivity contribution in [1.82, 2.24) is 19.5 Å². The molecule has 0 saturated heterocycles. The predicted octanol–water partition coefficient (Wildman–Crippen LogP) is 2.63. The van der Waals surface area contributed by atoms with Crippen LogP contribution in [0.2, 0.25) is 5.28 Å². The van der Waals surface area contributed by atoms with Crippen LogP contribution in [0.4, 0.5) is 11.5 Å². The molecule has 1 aromatic carbocycles. The Hall–Kier alpha value is -2.65. The highest BCUT2D eigenvalue weighted by Crippen LogP contribution is 2.23. The smallest absolute Gasteiger partial charge is 0.226 e. The van der Waals surface area contributed by atoms with Gasteiger partial charge in [-0.2, -0.15) is 15.2 Å². The summed E-state index contributed by atoms with van der Waals surface area (Å²) in [5.74, 6) is 0.533. The maximum atomic E-state index is 8.78. The summed E-state index contributed by atoms with van der Waals surface area (Å²) in [6, 6.07) is 9.11. The normalized spacial score (nSPS) is 10.4. The van der Waals surface area contributed by atoms with E-state index in [-0.39, 0.29) is 5.28 Å². The molecule has 20 heavy (non-hydrogen) atoms. The van der Waals surface area contributed by atoms with Crippen molar-refractivity contribution in [3.63, 3.8) is 0 Å². The minimum atomic E-state index is 0.150. The zero-order chi connectivity index (χ0) is 14.1. The van der Waals surface area contributed by atoms with Crippen molar-refractivity contribution < 1.29 is 0 Å². The maximum Gasteiger partial charge on any atom is 0.226 e. The average molecular weight is 285 g/mol. The van der Waals surface area contributed by atoms with Crippen LogP contribution in [0.1, 0.15) is 5.56 Å². The van der Waals surface area contributed by atoms with Gasteiger partial charge in [-0.15, -0.1) is 0 Å². The van der Waals surface area contributed by atoms with Gasteiger partial charge >= 0.3 is 0 Å². The van der Waals surface area contributed by atoms with Crippen LogP contribution >= 0.6 is 11.6 Å². The van der Waals surface area contributed by atoms with Crippen molar-refractivity contribution in [2.24, 2.45) is 7.05 Å². The Morgan fingerprint density at radius 2 is 2.00 bits per heavy atom. The van der Waals surface area contributed by atoms with Crippen molar-refractivity contribution >= 4 is 34.3 Å². The Bertz CT molecular complexity index is 815. The number of fused-ring (bicyclic) bond motifs is 1. The van der Waals surface area contributed by atoms with Crippen LogP contribution in [0.25, 0.3) is 11.2 Å². The molecular formula is C13H9ClN6. The van der Waals surface area contributed by atoms with E-state index in [9.17, 15) is 0 Å². The number of aromatic nitrogens is 4. The summed E-state index contributed by atoms with van der Waals surface area (Å²) in [7, 11) is 1.84. The Labute approximate surface area is 119 Å². The molecule has 0 bridgehead atoms. The third kappa shape index (κ3) is 2.15. The Morgan fingerprint density at radius 3 is 2.70 bits per heavy atom. The zero-order valence-electron chi connectivity index (χ0n) is 10.5. The van der Waals surface area contributed by atoms with Gasteiger partial charge in [0, 0.05) is 12.7 Å². The molecule has 2 heterocycles. The quantitative estimate of drug-likeness (QED) is 0.732. The number of anilines is 2. The van der Waals surface area contributed by atoms with Gasteiger partial charge in [0.15, 0.2) is 17.0 Å². The molecule has 0 aliphatic heterocycles. The first-order valence-corrected chi connectivity index (χ1v) is 6.17. The van der Waals surface area contributed by atoms with Crippen LogP contribution in [-0.2, 0) is 7.05 Å². The third-order valence-corrected chi connectivity index (χ3v) is 2.98. The van der Waals surface area contributed by atoms with E-state index >= 15 is 0 Å². The Kier molecular flexibility index (Phi) is 2.97. The fourth-order valence-corrected chi connectivity index (χ4v) is 2.00. The number of hydrogen-bond acceptors (Lipinski definition) is 5. The van der Waals surface area contributed by atoms with Gasteiger partial charge in [0.25, 0.3) is 0 Å². The van der Waals surface area contributed by atoms with Gasteiger partial charge in [0.1, 0.15) is 0 Å². The number of imidazole rings is 1.